The molecule has 166 valence electrons. The number of ether oxygens (including phenoxy) is 1. The van der Waals surface area contributed by atoms with Crippen LogP contribution in [-0.2, 0) is 21.2 Å². The average Bonchev–Trinajstić information content (AvgIpc) is 3.04. The fourth-order valence-corrected chi connectivity index (χ4v) is 5.13. The van der Waals surface area contributed by atoms with Crippen LogP contribution in [0.25, 0.3) is 0 Å². The highest BCUT2D eigenvalue weighted by Gasteiger charge is 2.26. The summed E-state index contributed by atoms with van der Waals surface area (Å²) in [5.74, 6) is -0.220. The summed E-state index contributed by atoms with van der Waals surface area (Å²) in [4.78, 5) is 23.3. The van der Waals surface area contributed by atoms with Crippen molar-refractivity contribution in [3.63, 3.8) is 0 Å². The zero-order valence-electron chi connectivity index (χ0n) is 17.2. The van der Waals surface area contributed by atoms with Gasteiger partial charge in [0.25, 0.3) is 5.69 Å². The number of anilines is 1. The maximum absolute atomic E-state index is 13.1. The minimum Gasteiger partial charge on any atom is -0.495 e. The van der Waals surface area contributed by atoms with Crippen molar-refractivity contribution in [1.82, 2.24) is 4.31 Å². The number of sulfonamides is 1. The second-order valence-electron chi connectivity index (χ2n) is 7.29. The van der Waals surface area contributed by atoms with Crippen LogP contribution in [0.2, 0.25) is 0 Å². The van der Waals surface area contributed by atoms with Crippen molar-refractivity contribution in [3.05, 3.63) is 58.1 Å². The Labute approximate surface area is 181 Å². The number of nitrogens with one attached hydrogen (secondary N) is 1. The summed E-state index contributed by atoms with van der Waals surface area (Å²) in [7, 11) is -2.30. The number of amides is 1. The quantitative estimate of drug-likeness (QED) is 0.514. The molecule has 1 heterocycles. The third kappa shape index (κ3) is 5.39. The van der Waals surface area contributed by atoms with Gasteiger partial charge in [-0.15, -0.1) is 0 Å². The van der Waals surface area contributed by atoms with Crippen molar-refractivity contribution in [1.29, 1.82) is 0 Å². The Balaban J connectivity index is 1.84. The molecule has 0 bridgehead atoms. The van der Waals surface area contributed by atoms with Gasteiger partial charge in [-0.25, -0.2) is 8.42 Å². The molecule has 3 rings (SSSR count). The number of carbonyl (C=O) groups is 1. The molecule has 2 aromatic carbocycles. The van der Waals surface area contributed by atoms with E-state index >= 15 is 0 Å². The number of nitrogens with zero attached hydrogens (tertiary/aromatic N) is 2. The SMILES string of the molecule is COc1ccc(S(=O)(=O)N2CCCCCC2)cc1NC(=O)Cc1ccccc1[N+](=O)[O-]. The van der Waals surface area contributed by atoms with Crippen LogP contribution in [0.15, 0.2) is 47.4 Å². The lowest BCUT2D eigenvalue weighted by atomic mass is 10.1. The Morgan fingerprint density at radius 1 is 1.13 bits per heavy atom. The summed E-state index contributed by atoms with van der Waals surface area (Å²) in [6.07, 6.45) is 3.40. The third-order valence-corrected chi connectivity index (χ3v) is 7.08. The van der Waals surface area contributed by atoms with Gasteiger partial charge in [0, 0.05) is 24.7 Å². The third-order valence-electron chi connectivity index (χ3n) is 5.19. The minimum absolute atomic E-state index is 0.0659. The van der Waals surface area contributed by atoms with Crippen LogP contribution in [0.3, 0.4) is 0 Å². The van der Waals surface area contributed by atoms with Crippen LogP contribution >= 0.6 is 0 Å². The fourth-order valence-electron chi connectivity index (χ4n) is 3.58. The lowest BCUT2D eigenvalue weighted by Crippen LogP contribution is -2.32. The molecule has 0 spiro atoms. The van der Waals surface area contributed by atoms with Gasteiger partial charge in [0.05, 0.1) is 29.0 Å². The standard InChI is InChI=1S/C21H25N3O6S/c1-30-20-11-10-17(31(28,29)23-12-6-2-3-7-13-23)15-18(20)22-21(25)14-16-8-4-5-9-19(16)24(26)27/h4-5,8-11,15H,2-3,6-7,12-14H2,1H3,(H,22,25). The molecule has 0 radical (unpaired) electrons. The van der Waals surface area contributed by atoms with E-state index in [0.717, 1.165) is 25.7 Å². The Hall–Kier alpha value is -2.98. The fraction of sp³-hybridized carbons (Fsp3) is 0.381. The lowest BCUT2D eigenvalue weighted by Gasteiger charge is -2.21. The van der Waals surface area contributed by atoms with Gasteiger partial charge in [0.2, 0.25) is 15.9 Å². The number of nitro benzene ring substituents is 1. The summed E-state index contributed by atoms with van der Waals surface area (Å²) >= 11 is 0. The molecule has 1 saturated heterocycles. The Morgan fingerprint density at radius 3 is 2.45 bits per heavy atom. The first-order valence-corrected chi connectivity index (χ1v) is 11.5. The van der Waals surface area contributed by atoms with E-state index in [0.29, 0.717) is 18.8 Å². The molecule has 31 heavy (non-hydrogen) atoms. The maximum Gasteiger partial charge on any atom is 0.273 e. The number of para-hydroxylation sites is 1. The van der Waals surface area contributed by atoms with Crippen molar-refractivity contribution in [2.75, 3.05) is 25.5 Å². The monoisotopic (exact) mass is 447 g/mol. The largest absolute Gasteiger partial charge is 0.495 e. The van der Waals surface area contributed by atoms with E-state index in [-0.39, 0.29) is 28.3 Å². The normalized spacial score (nSPS) is 15.1. The molecule has 0 atom stereocenters. The van der Waals surface area contributed by atoms with Crippen LogP contribution in [0.5, 0.6) is 5.75 Å². The van der Waals surface area contributed by atoms with Crippen LogP contribution in [0.4, 0.5) is 11.4 Å². The number of hydrogen-bond acceptors (Lipinski definition) is 6. The summed E-state index contributed by atoms with van der Waals surface area (Å²) < 4.78 is 32.9. The highest BCUT2D eigenvalue weighted by molar-refractivity contribution is 7.89. The second kappa shape index (κ2) is 9.88. The molecule has 1 N–H and O–H groups in total. The van der Waals surface area contributed by atoms with E-state index < -0.39 is 20.9 Å². The van der Waals surface area contributed by atoms with Gasteiger partial charge in [-0.2, -0.15) is 4.31 Å². The van der Waals surface area contributed by atoms with E-state index in [4.69, 9.17) is 4.74 Å². The van der Waals surface area contributed by atoms with Crippen molar-refractivity contribution in [2.24, 2.45) is 0 Å². The van der Waals surface area contributed by atoms with Crippen LogP contribution in [-0.4, -0.2) is 43.8 Å². The molecule has 2 aromatic rings. The molecule has 10 heteroatoms. The summed E-state index contributed by atoms with van der Waals surface area (Å²) in [5.41, 5.74) is 0.307. The molecular weight excluding hydrogens is 422 g/mol. The Kier molecular flexibility index (Phi) is 7.24. The van der Waals surface area contributed by atoms with E-state index in [1.54, 1.807) is 6.07 Å². The van der Waals surface area contributed by atoms with E-state index in [2.05, 4.69) is 5.32 Å². The maximum atomic E-state index is 13.1. The second-order valence-corrected chi connectivity index (χ2v) is 9.23. The van der Waals surface area contributed by atoms with Crippen molar-refractivity contribution in [2.45, 2.75) is 37.0 Å². The zero-order chi connectivity index (χ0) is 22.4. The molecular formula is C21H25N3O6S. The zero-order valence-corrected chi connectivity index (χ0v) is 18.1. The molecule has 1 aliphatic rings. The average molecular weight is 448 g/mol. The van der Waals surface area contributed by atoms with Crippen LogP contribution < -0.4 is 10.1 Å². The number of rotatable bonds is 7. The number of carbonyl (C=O) groups excluding carboxylic acids is 1. The highest BCUT2D eigenvalue weighted by atomic mass is 32.2. The molecule has 1 amide bonds. The Morgan fingerprint density at radius 2 is 1.81 bits per heavy atom. The number of hydrogen-bond donors (Lipinski definition) is 1. The molecule has 1 aliphatic heterocycles. The van der Waals surface area contributed by atoms with Gasteiger partial charge in [-0.1, -0.05) is 31.0 Å². The predicted molar refractivity (Wildman–Crippen MR) is 116 cm³/mol. The summed E-state index contributed by atoms with van der Waals surface area (Å²) in [6, 6.07) is 10.3. The summed E-state index contributed by atoms with van der Waals surface area (Å²) in [6.45, 7) is 0.932. The van der Waals surface area contributed by atoms with Gasteiger partial charge >= 0.3 is 0 Å². The number of nitro groups is 1. The molecule has 0 aliphatic carbocycles. The van der Waals surface area contributed by atoms with E-state index in [1.165, 1.54) is 47.8 Å². The molecule has 0 unspecified atom stereocenters. The van der Waals surface area contributed by atoms with Gasteiger partial charge < -0.3 is 10.1 Å². The lowest BCUT2D eigenvalue weighted by molar-refractivity contribution is -0.385. The predicted octanol–water partition coefficient (Wildman–Crippen LogP) is 3.35. The van der Waals surface area contributed by atoms with Crippen molar-refractivity contribution >= 4 is 27.3 Å². The van der Waals surface area contributed by atoms with Gasteiger partial charge in [-0.3, -0.25) is 14.9 Å². The first-order valence-electron chi connectivity index (χ1n) is 10.0. The topological polar surface area (TPSA) is 119 Å². The van der Waals surface area contributed by atoms with E-state index in [9.17, 15) is 23.3 Å². The van der Waals surface area contributed by atoms with Crippen LogP contribution in [0.1, 0.15) is 31.2 Å². The van der Waals surface area contributed by atoms with Crippen LogP contribution in [0, 0.1) is 10.1 Å². The number of benzene rings is 2. The first kappa shape index (κ1) is 22.7. The number of methoxy groups -OCH3 is 1. The minimum atomic E-state index is -3.71. The highest BCUT2D eigenvalue weighted by Crippen LogP contribution is 2.30. The van der Waals surface area contributed by atoms with E-state index in [1.807, 2.05) is 0 Å². The molecule has 9 nitrogen and oxygen atoms in total. The van der Waals surface area contributed by atoms with Gasteiger partial charge in [0.15, 0.2) is 0 Å². The first-order chi connectivity index (χ1) is 14.8. The molecule has 0 aromatic heterocycles. The smallest absolute Gasteiger partial charge is 0.273 e. The van der Waals surface area contributed by atoms with Gasteiger partial charge in [-0.05, 0) is 31.0 Å². The molecule has 0 saturated carbocycles. The van der Waals surface area contributed by atoms with Gasteiger partial charge in [0.1, 0.15) is 5.75 Å². The summed E-state index contributed by atoms with van der Waals surface area (Å²) in [5, 5.41) is 13.8. The molecule has 1 fully saturated rings. The van der Waals surface area contributed by atoms with Crippen molar-refractivity contribution < 1.29 is 22.9 Å². The van der Waals surface area contributed by atoms with Crippen molar-refractivity contribution in [3.8, 4) is 5.75 Å². The Bertz CT molecular complexity index is 1060.